The van der Waals surface area contributed by atoms with Gasteiger partial charge in [-0.3, -0.25) is 4.79 Å². The third-order valence-corrected chi connectivity index (χ3v) is 4.79. The van der Waals surface area contributed by atoms with Crippen LogP contribution in [0.4, 0.5) is 0 Å². The predicted molar refractivity (Wildman–Crippen MR) is 106 cm³/mol. The molecule has 0 heterocycles. The third-order valence-electron chi connectivity index (χ3n) is 4.79. The summed E-state index contributed by atoms with van der Waals surface area (Å²) in [5.41, 5.74) is 4.54. The van der Waals surface area contributed by atoms with E-state index in [0.717, 1.165) is 42.9 Å². The maximum absolute atomic E-state index is 12.6. The summed E-state index contributed by atoms with van der Waals surface area (Å²) in [5.74, 6) is 0.0419. The molecule has 0 atom stereocenters. The summed E-state index contributed by atoms with van der Waals surface area (Å²) in [7, 11) is 1.85. The van der Waals surface area contributed by atoms with Crippen LogP contribution in [0.1, 0.15) is 35.3 Å². The van der Waals surface area contributed by atoms with Crippen molar-refractivity contribution in [1.29, 1.82) is 5.26 Å². The third kappa shape index (κ3) is 4.71. The molecule has 0 N–H and O–H groups in total. The summed E-state index contributed by atoms with van der Waals surface area (Å²) >= 11 is 0. The van der Waals surface area contributed by atoms with Gasteiger partial charge >= 0.3 is 0 Å². The number of rotatable bonds is 7. The van der Waals surface area contributed by atoms with Crippen molar-refractivity contribution in [3.63, 3.8) is 0 Å². The Morgan fingerprint density at radius 1 is 1.04 bits per heavy atom. The summed E-state index contributed by atoms with van der Waals surface area (Å²) in [6.07, 6.45) is 0. The second-order valence-corrected chi connectivity index (χ2v) is 6.47. The fraction of sp³-hybridized carbons (Fsp3) is 0.364. The number of nitrogens with zero attached hydrogens (tertiary/aromatic N) is 3. The summed E-state index contributed by atoms with van der Waals surface area (Å²) in [4.78, 5) is 16.7. The fourth-order valence-electron chi connectivity index (χ4n) is 3.00. The lowest BCUT2D eigenvalue weighted by atomic mass is 9.97. The minimum atomic E-state index is 0.0419. The summed E-state index contributed by atoms with van der Waals surface area (Å²) in [6, 6.07) is 15.5. The maximum Gasteiger partial charge on any atom is 0.253 e. The Bertz CT molecular complexity index is 786. The highest BCUT2D eigenvalue weighted by Gasteiger charge is 2.13. The zero-order valence-electron chi connectivity index (χ0n) is 16.1. The Balaban J connectivity index is 2.09. The van der Waals surface area contributed by atoms with Crippen molar-refractivity contribution < 1.29 is 4.79 Å². The number of amides is 1. The average molecular weight is 349 g/mol. The van der Waals surface area contributed by atoms with Gasteiger partial charge in [0.25, 0.3) is 5.91 Å². The Hall–Kier alpha value is -2.64. The van der Waals surface area contributed by atoms with Crippen molar-refractivity contribution in [3.05, 3.63) is 59.2 Å². The topological polar surface area (TPSA) is 47.3 Å². The monoisotopic (exact) mass is 349 g/mol. The van der Waals surface area contributed by atoms with Crippen LogP contribution >= 0.6 is 0 Å². The molecular formula is C22H27N3O. The van der Waals surface area contributed by atoms with Crippen LogP contribution in [0.2, 0.25) is 0 Å². The number of aryl methyl sites for hydroxylation is 1. The first kappa shape index (κ1) is 19.7. The highest BCUT2D eigenvalue weighted by molar-refractivity contribution is 5.94. The van der Waals surface area contributed by atoms with Gasteiger partial charge in [0, 0.05) is 25.7 Å². The van der Waals surface area contributed by atoms with Crippen molar-refractivity contribution in [2.24, 2.45) is 0 Å². The molecule has 0 unspecified atom stereocenters. The van der Waals surface area contributed by atoms with E-state index in [0.29, 0.717) is 11.1 Å². The van der Waals surface area contributed by atoms with Crippen molar-refractivity contribution in [2.75, 3.05) is 33.2 Å². The molecule has 0 aromatic heterocycles. The van der Waals surface area contributed by atoms with Crippen molar-refractivity contribution in [3.8, 4) is 17.2 Å². The molecule has 136 valence electrons. The minimum Gasteiger partial charge on any atom is -0.340 e. The molecule has 2 aromatic carbocycles. The van der Waals surface area contributed by atoms with E-state index in [1.807, 2.05) is 56.4 Å². The molecule has 0 saturated carbocycles. The van der Waals surface area contributed by atoms with Gasteiger partial charge in [-0.15, -0.1) is 0 Å². The van der Waals surface area contributed by atoms with Crippen LogP contribution in [0.3, 0.4) is 0 Å². The van der Waals surface area contributed by atoms with E-state index in [1.165, 1.54) is 0 Å². The van der Waals surface area contributed by atoms with Gasteiger partial charge in [0.1, 0.15) is 0 Å². The standard InChI is InChI=1S/C22H27N3O/c1-5-25(6-2)14-13-24(4)22(26)20-10-8-19(9-11-20)21-12-7-18(16-23)15-17(21)3/h7-12,15H,5-6,13-14H2,1-4H3. The Kier molecular flexibility index (Phi) is 6.94. The molecule has 2 rings (SSSR count). The van der Waals surface area contributed by atoms with E-state index < -0.39 is 0 Å². The molecule has 4 heteroatoms. The van der Waals surface area contributed by atoms with Crippen molar-refractivity contribution in [1.82, 2.24) is 9.80 Å². The van der Waals surface area contributed by atoms with Gasteiger partial charge in [0.05, 0.1) is 11.6 Å². The Labute approximate surface area is 156 Å². The molecule has 1 amide bonds. The van der Waals surface area contributed by atoms with Gasteiger partial charge in [-0.2, -0.15) is 5.26 Å². The van der Waals surface area contributed by atoms with Crippen LogP contribution in [0.15, 0.2) is 42.5 Å². The van der Waals surface area contributed by atoms with Crippen molar-refractivity contribution in [2.45, 2.75) is 20.8 Å². The minimum absolute atomic E-state index is 0.0419. The van der Waals surface area contributed by atoms with Gasteiger partial charge in [-0.1, -0.05) is 32.0 Å². The lowest BCUT2D eigenvalue weighted by Crippen LogP contribution is -2.36. The van der Waals surface area contributed by atoms with Gasteiger partial charge in [-0.25, -0.2) is 0 Å². The second kappa shape index (κ2) is 9.17. The lowest BCUT2D eigenvalue weighted by molar-refractivity contribution is 0.0780. The van der Waals surface area contributed by atoms with Crippen LogP contribution < -0.4 is 0 Å². The van der Waals surface area contributed by atoms with Crippen LogP contribution in [-0.4, -0.2) is 48.9 Å². The van der Waals surface area contributed by atoms with Crippen LogP contribution in [0.5, 0.6) is 0 Å². The zero-order chi connectivity index (χ0) is 19.1. The van der Waals surface area contributed by atoms with E-state index in [9.17, 15) is 4.79 Å². The number of benzene rings is 2. The number of hydrogen-bond donors (Lipinski definition) is 0. The number of carbonyl (C=O) groups is 1. The number of nitriles is 1. The smallest absolute Gasteiger partial charge is 0.253 e. The first-order valence-electron chi connectivity index (χ1n) is 9.09. The lowest BCUT2D eigenvalue weighted by Gasteiger charge is -2.23. The van der Waals surface area contributed by atoms with E-state index >= 15 is 0 Å². The van der Waals surface area contributed by atoms with Crippen LogP contribution in [0.25, 0.3) is 11.1 Å². The van der Waals surface area contributed by atoms with E-state index in [4.69, 9.17) is 5.26 Å². The van der Waals surface area contributed by atoms with Crippen LogP contribution in [0, 0.1) is 18.3 Å². The average Bonchev–Trinajstić information content (AvgIpc) is 2.68. The van der Waals surface area contributed by atoms with Crippen molar-refractivity contribution >= 4 is 5.91 Å². The van der Waals surface area contributed by atoms with E-state index in [-0.39, 0.29) is 5.91 Å². The Morgan fingerprint density at radius 2 is 1.69 bits per heavy atom. The number of hydrogen-bond acceptors (Lipinski definition) is 3. The normalized spacial score (nSPS) is 10.6. The van der Waals surface area contributed by atoms with E-state index in [1.54, 1.807) is 4.90 Å². The summed E-state index contributed by atoms with van der Waals surface area (Å²) < 4.78 is 0. The quantitative estimate of drug-likeness (QED) is 0.760. The first-order chi connectivity index (χ1) is 12.5. The highest BCUT2D eigenvalue weighted by Crippen LogP contribution is 2.24. The van der Waals surface area contributed by atoms with Crippen LogP contribution in [-0.2, 0) is 0 Å². The molecule has 0 fully saturated rings. The van der Waals surface area contributed by atoms with E-state index in [2.05, 4.69) is 24.8 Å². The molecule has 0 saturated heterocycles. The molecule has 26 heavy (non-hydrogen) atoms. The van der Waals surface area contributed by atoms with Gasteiger partial charge in [0.2, 0.25) is 0 Å². The fourth-order valence-corrected chi connectivity index (χ4v) is 3.00. The Morgan fingerprint density at radius 3 is 2.23 bits per heavy atom. The summed E-state index contributed by atoms with van der Waals surface area (Å²) in [5, 5.41) is 8.99. The number of carbonyl (C=O) groups excluding carboxylic acids is 1. The largest absolute Gasteiger partial charge is 0.340 e. The molecule has 0 aliphatic heterocycles. The molecule has 0 bridgehead atoms. The number of likely N-dealkylation sites (N-methyl/N-ethyl adjacent to an activating group) is 2. The molecule has 0 aliphatic rings. The predicted octanol–water partition coefficient (Wildman–Crippen LogP) is 3.95. The molecule has 0 radical (unpaired) electrons. The molecule has 0 aliphatic carbocycles. The van der Waals surface area contributed by atoms with Gasteiger partial charge < -0.3 is 9.80 Å². The summed E-state index contributed by atoms with van der Waals surface area (Å²) in [6.45, 7) is 9.86. The van der Waals surface area contributed by atoms with Gasteiger partial charge in [0.15, 0.2) is 0 Å². The zero-order valence-corrected chi connectivity index (χ0v) is 16.1. The highest BCUT2D eigenvalue weighted by atomic mass is 16.2. The van der Waals surface area contributed by atoms with Gasteiger partial charge in [-0.05, 0) is 61.0 Å². The molecular weight excluding hydrogens is 322 g/mol. The molecule has 2 aromatic rings. The second-order valence-electron chi connectivity index (χ2n) is 6.47. The molecule has 0 spiro atoms. The first-order valence-corrected chi connectivity index (χ1v) is 9.09. The molecule has 4 nitrogen and oxygen atoms in total. The maximum atomic E-state index is 12.6. The SMILES string of the molecule is CCN(CC)CCN(C)C(=O)c1ccc(-c2ccc(C#N)cc2C)cc1.